The van der Waals surface area contributed by atoms with E-state index in [2.05, 4.69) is 43.0 Å². The standard InChI is InChI=1S/C18H29NO/c1-3-5-14-20-18-11-9-16(10-12-18)15-19-13-7-6-8-17(19)4-2/h9-12,17H,3-8,13-15H2,1-2H3/t17-/m0/s1. The van der Waals surface area contributed by atoms with Crippen molar-refractivity contribution in [1.29, 1.82) is 0 Å². The monoisotopic (exact) mass is 275 g/mol. The molecule has 112 valence electrons. The smallest absolute Gasteiger partial charge is 0.119 e. The van der Waals surface area contributed by atoms with E-state index < -0.39 is 0 Å². The molecule has 0 spiro atoms. The lowest BCUT2D eigenvalue weighted by molar-refractivity contribution is 0.136. The topological polar surface area (TPSA) is 12.5 Å². The Morgan fingerprint density at radius 1 is 1.15 bits per heavy atom. The minimum Gasteiger partial charge on any atom is -0.494 e. The maximum absolute atomic E-state index is 5.72. The molecule has 1 saturated heterocycles. The Morgan fingerprint density at radius 3 is 2.65 bits per heavy atom. The van der Waals surface area contributed by atoms with Gasteiger partial charge in [-0.15, -0.1) is 0 Å². The minimum absolute atomic E-state index is 0.782. The third kappa shape index (κ3) is 4.52. The highest BCUT2D eigenvalue weighted by atomic mass is 16.5. The van der Waals surface area contributed by atoms with Gasteiger partial charge in [-0.1, -0.05) is 38.8 Å². The van der Waals surface area contributed by atoms with Crippen molar-refractivity contribution in [1.82, 2.24) is 4.90 Å². The Bertz CT molecular complexity index is 374. The third-order valence-corrected chi connectivity index (χ3v) is 4.30. The van der Waals surface area contributed by atoms with Crippen molar-refractivity contribution in [2.75, 3.05) is 13.2 Å². The Morgan fingerprint density at radius 2 is 1.95 bits per heavy atom. The van der Waals surface area contributed by atoms with E-state index in [1.807, 2.05) is 0 Å². The quantitative estimate of drug-likeness (QED) is 0.673. The van der Waals surface area contributed by atoms with Gasteiger partial charge in [-0.05, 0) is 49.9 Å². The van der Waals surface area contributed by atoms with Gasteiger partial charge in [-0.25, -0.2) is 0 Å². The largest absolute Gasteiger partial charge is 0.494 e. The van der Waals surface area contributed by atoms with E-state index in [1.165, 1.54) is 44.2 Å². The second kappa shape index (κ2) is 8.31. The first-order valence-corrected chi connectivity index (χ1v) is 8.29. The SMILES string of the molecule is CCCCOc1ccc(CN2CCCC[C@@H]2CC)cc1. The highest BCUT2D eigenvalue weighted by molar-refractivity contribution is 5.27. The predicted octanol–water partition coefficient (Wildman–Crippen LogP) is 4.63. The summed E-state index contributed by atoms with van der Waals surface area (Å²) in [6, 6.07) is 9.47. The van der Waals surface area contributed by atoms with E-state index in [0.717, 1.165) is 31.4 Å². The molecule has 0 N–H and O–H groups in total. The molecule has 1 aliphatic rings. The Hall–Kier alpha value is -1.02. The molecule has 0 amide bonds. The summed E-state index contributed by atoms with van der Waals surface area (Å²) in [5.41, 5.74) is 1.41. The molecule has 2 rings (SSSR count). The van der Waals surface area contributed by atoms with Crippen LogP contribution in [0.15, 0.2) is 24.3 Å². The summed E-state index contributed by atoms with van der Waals surface area (Å²) >= 11 is 0. The second-order valence-corrected chi connectivity index (χ2v) is 5.87. The third-order valence-electron chi connectivity index (χ3n) is 4.30. The average molecular weight is 275 g/mol. The molecule has 1 fully saturated rings. The van der Waals surface area contributed by atoms with Crippen LogP contribution >= 0.6 is 0 Å². The van der Waals surface area contributed by atoms with Gasteiger partial charge in [0, 0.05) is 12.6 Å². The van der Waals surface area contributed by atoms with Gasteiger partial charge in [0.25, 0.3) is 0 Å². The van der Waals surface area contributed by atoms with E-state index in [-0.39, 0.29) is 0 Å². The fourth-order valence-electron chi connectivity index (χ4n) is 2.99. The summed E-state index contributed by atoms with van der Waals surface area (Å²) in [5.74, 6) is 1.01. The highest BCUT2D eigenvalue weighted by Crippen LogP contribution is 2.22. The van der Waals surface area contributed by atoms with Crippen molar-refractivity contribution in [3.05, 3.63) is 29.8 Å². The van der Waals surface area contributed by atoms with E-state index in [1.54, 1.807) is 0 Å². The Balaban J connectivity index is 1.86. The molecule has 0 bridgehead atoms. The summed E-state index contributed by atoms with van der Waals surface area (Å²) in [6.45, 7) is 7.68. The number of piperidine rings is 1. The lowest BCUT2D eigenvalue weighted by atomic mass is 9.99. The van der Waals surface area contributed by atoms with Gasteiger partial charge in [0.15, 0.2) is 0 Å². The maximum atomic E-state index is 5.72. The highest BCUT2D eigenvalue weighted by Gasteiger charge is 2.20. The first-order chi connectivity index (χ1) is 9.83. The molecule has 1 heterocycles. The van der Waals surface area contributed by atoms with Crippen LogP contribution in [0.5, 0.6) is 5.75 Å². The summed E-state index contributed by atoms with van der Waals surface area (Å²) in [5, 5.41) is 0. The fraction of sp³-hybridized carbons (Fsp3) is 0.667. The summed E-state index contributed by atoms with van der Waals surface area (Å²) in [4.78, 5) is 2.65. The first kappa shape index (κ1) is 15.4. The number of rotatable bonds is 7. The van der Waals surface area contributed by atoms with Crippen LogP contribution in [0.3, 0.4) is 0 Å². The second-order valence-electron chi connectivity index (χ2n) is 5.87. The van der Waals surface area contributed by atoms with Gasteiger partial charge in [0.05, 0.1) is 6.61 Å². The zero-order valence-electron chi connectivity index (χ0n) is 13.1. The van der Waals surface area contributed by atoms with Crippen LogP contribution in [0.4, 0.5) is 0 Å². The minimum atomic E-state index is 0.782. The molecule has 0 aromatic heterocycles. The average Bonchev–Trinajstić information content (AvgIpc) is 2.50. The van der Waals surface area contributed by atoms with Gasteiger partial charge in [-0.2, -0.15) is 0 Å². The van der Waals surface area contributed by atoms with Crippen LogP contribution in [0.2, 0.25) is 0 Å². The molecule has 1 aromatic rings. The lowest BCUT2D eigenvalue weighted by Gasteiger charge is -2.35. The van der Waals surface area contributed by atoms with Gasteiger partial charge in [0.2, 0.25) is 0 Å². The van der Waals surface area contributed by atoms with Crippen molar-refractivity contribution in [3.63, 3.8) is 0 Å². The number of nitrogens with zero attached hydrogens (tertiary/aromatic N) is 1. The van der Waals surface area contributed by atoms with Crippen molar-refractivity contribution in [2.45, 2.75) is 65.0 Å². The van der Waals surface area contributed by atoms with Crippen molar-refractivity contribution < 1.29 is 4.74 Å². The van der Waals surface area contributed by atoms with Crippen LogP contribution in [0, 0.1) is 0 Å². The van der Waals surface area contributed by atoms with Gasteiger partial charge in [-0.3, -0.25) is 4.90 Å². The number of ether oxygens (including phenoxy) is 1. The van der Waals surface area contributed by atoms with Gasteiger partial charge >= 0.3 is 0 Å². The zero-order chi connectivity index (χ0) is 14.2. The molecule has 0 aliphatic carbocycles. The van der Waals surface area contributed by atoms with Crippen LogP contribution in [-0.2, 0) is 6.54 Å². The molecule has 1 aliphatic heterocycles. The van der Waals surface area contributed by atoms with Gasteiger partial charge in [0.1, 0.15) is 5.75 Å². The number of benzene rings is 1. The first-order valence-electron chi connectivity index (χ1n) is 8.29. The molecule has 0 radical (unpaired) electrons. The van der Waals surface area contributed by atoms with Crippen LogP contribution in [-0.4, -0.2) is 24.1 Å². The maximum Gasteiger partial charge on any atom is 0.119 e. The summed E-state index contributed by atoms with van der Waals surface area (Å²) in [6.07, 6.45) is 7.72. The van der Waals surface area contributed by atoms with Crippen LogP contribution in [0.25, 0.3) is 0 Å². The molecule has 2 heteroatoms. The number of likely N-dealkylation sites (tertiary alicyclic amines) is 1. The Labute approximate surface area is 124 Å². The van der Waals surface area contributed by atoms with Crippen molar-refractivity contribution in [2.24, 2.45) is 0 Å². The number of hydrogen-bond acceptors (Lipinski definition) is 2. The molecule has 0 unspecified atom stereocenters. The molecule has 2 nitrogen and oxygen atoms in total. The molecular weight excluding hydrogens is 246 g/mol. The zero-order valence-corrected chi connectivity index (χ0v) is 13.1. The number of hydrogen-bond donors (Lipinski definition) is 0. The normalized spacial score (nSPS) is 20.0. The van der Waals surface area contributed by atoms with Crippen LogP contribution in [0.1, 0.15) is 57.9 Å². The lowest BCUT2D eigenvalue weighted by Crippen LogP contribution is -2.38. The fourth-order valence-corrected chi connectivity index (χ4v) is 2.99. The number of unbranched alkanes of at least 4 members (excludes halogenated alkanes) is 1. The van der Waals surface area contributed by atoms with E-state index in [0.29, 0.717) is 0 Å². The van der Waals surface area contributed by atoms with Gasteiger partial charge < -0.3 is 4.74 Å². The molecule has 20 heavy (non-hydrogen) atoms. The van der Waals surface area contributed by atoms with Crippen molar-refractivity contribution >= 4 is 0 Å². The molecular formula is C18H29NO. The van der Waals surface area contributed by atoms with E-state index in [9.17, 15) is 0 Å². The summed E-state index contributed by atoms with van der Waals surface area (Å²) in [7, 11) is 0. The molecule has 1 aromatic carbocycles. The molecule has 1 atom stereocenters. The Kier molecular flexibility index (Phi) is 6.38. The van der Waals surface area contributed by atoms with Crippen molar-refractivity contribution in [3.8, 4) is 5.75 Å². The van der Waals surface area contributed by atoms with E-state index >= 15 is 0 Å². The molecule has 0 saturated carbocycles. The van der Waals surface area contributed by atoms with Crippen LogP contribution < -0.4 is 4.74 Å². The van der Waals surface area contributed by atoms with E-state index in [4.69, 9.17) is 4.74 Å². The summed E-state index contributed by atoms with van der Waals surface area (Å²) < 4.78 is 5.72. The predicted molar refractivity (Wildman–Crippen MR) is 85.2 cm³/mol.